The molecule has 2 aliphatic rings. The van der Waals surface area contributed by atoms with E-state index in [1.165, 1.54) is 0 Å². The minimum atomic E-state index is -4.17. The lowest BCUT2D eigenvalue weighted by Crippen LogP contribution is -2.48. The molecule has 4 unspecified atom stereocenters. The summed E-state index contributed by atoms with van der Waals surface area (Å²) in [6, 6.07) is 0.699. The van der Waals surface area contributed by atoms with Crippen LogP contribution < -0.4 is 10.6 Å². The fourth-order valence-electron chi connectivity index (χ4n) is 3.49. The van der Waals surface area contributed by atoms with Crippen molar-refractivity contribution in [3.05, 3.63) is 0 Å². The second kappa shape index (κ2) is 6.99. The van der Waals surface area contributed by atoms with Crippen molar-refractivity contribution in [2.24, 2.45) is 11.8 Å². The van der Waals surface area contributed by atoms with Crippen LogP contribution in [0.25, 0.3) is 0 Å². The number of nitrogens with one attached hydrogen (secondary N) is 2. The van der Waals surface area contributed by atoms with Crippen molar-refractivity contribution in [1.29, 1.82) is 0 Å². The highest BCUT2D eigenvalue weighted by Gasteiger charge is 2.43. The zero-order valence-corrected chi connectivity index (χ0v) is 12.5. The molecular formula is C15H25F3N2O. The molecule has 6 heteroatoms. The van der Waals surface area contributed by atoms with Crippen molar-refractivity contribution in [1.82, 2.24) is 10.6 Å². The van der Waals surface area contributed by atoms with Gasteiger partial charge in [-0.05, 0) is 39.0 Å². The van der Waals surface area contributed by atoms with Gasteiger partial charge in [-0.15, -0.1) is 0 Å². The summed E-state index contributed by atoms with van der Waals surface area (Å²) in [7, 11) is 0. The number of alkyl halides is 3. The SMILES string of the molecule is CC1CCCC(CNC(=O)C2CCCC(C(F)(F)F)C2)N1. The Hall–Kier alpha value is -0.780. The molecule has 122 valence electrons. The molecule has 0 aromatic heterocycles. The topological polar surface area (TPSA) is 41.1 Å². The monoisotopic (exact) mass is 306 g/mol. The highest BCUT2D eigenvalue weighted by Crippen LogP contribution is 2.39. The Bertz CT molecular complexity index is 359. The standard InChI is InChI=1S/C15H25F3N2O/c1-10-4-2-7-13(20-10)9-19-14(21)11-5-3-6-12(8-11)15(16,17)18/h10-13,20H,2-9H2,1H3,(H,19,21). The van der Waals surface area contributed by atoms with E-state index < -0.39 is 18.0 Å². The minimum absolute atomic E-state index is 0.0518. The highest BCUT2D eigenvalue weighted by atomic mass is 19.4. The molecule has 0 spiro atoms. The molecule has 1 saturated heterocycles. The molecule has 0 radical (unpaired) electrons. The van der Waals surface area contributed by atoms with Crippen LogP contribution in [0.1, 0.15) is 51.9 Å². The van der Waals surface area contributed by atoms with Crippen molar-refractivity contribution >= 4 is 5.91 Å². The predicted octanol–water partition coefficient (Wildman–Crippen LogP) is 3.00. The number of hydrogen-bond acceptors (Lipinski definition) is 2. The number of amides is 1. The number of carbonyl (C=O) groups is 1. The smallest absolute Gasteiger partial charge is 0.354 e. The van der Waals surface area contributed by atoms with Crippen molar-refractivity contribution in [3.63, 3.8) is 0 Å². The molecule has 21 heavy (non-hydrogen) atoms. The Labute approximate surface area is 124 Å². The molecular weight excluding hydrogens is 281 g/mol. The van der Waals surface area contributed by atoms with E-state index in [9.17, 15) is 18.0 Å². The summed E-state index contributed by atoms with van der Waals surface area (Å²) in [5.41, 5.74) is 0. The molecule has 1 saturated carbocycles. The van der Waals surface area contributed by atoms with Crippen LogP contribution in [0.3, 0.4) is 0 Å². The van der Waals surface area contributed by atoms with Gasteiger partial charge in [0, 0.05) is 24.5 Å². The minimum Gasteiger partial charge on any atom is -0.354 e. The Morgan fingerprint density at radius 3 is 2.57 bits per heavy atom. The summed E-state index contributed by atoms with van der Waals surface area (Å²) in [6.07, 6.45) is 0.293. The average molecular weight is 306 g/mol. The first-order chi connectivity index (χ1) is 9.86. The van der Waals surface area contributed by atoms with Crippen LogP contribution in [0.5, 0.6) is 0 Å². The summed E-state index contributed by atoms with van der Waals surface area (Å²) in [4.78, 5) is 12.1. The third-order valence-electron chi connectivity index (χ3n) is 4.74. The van der Waals surface area contributed by atoms with Crippen molar-refractivity contribution < 1.29 is 18.0 Å². The van der Waals surface area contributed by atoms with Crippen LogP contribution in [0, 0.1) is 11.8 Å². The van der Waals surface area contributed by atoms with E-state index >= 15 is 0 Å². The predicted molar refractivity (Wildman–Crippen MR) is 74.7 cm³/mol. The Morgan fingerprint density at radius 1 is 1.19 bits per heavy atom. The fraction of sp³-hybridized carbons (Fsp3) is 0.933. The Morgan fingerprint density at radius 2 is 1.90 bits per heavy atom. The third kappa shape index (κ3) is 4.87. The lowest BCUT2D eigenvalue weighted by Gasteiger charge is -2.32. The largest absolute Gasteiger partial charge is 0.391 e. The summed E-state index contributed by atoms with van der Waals surface area (Å²) < 4.78 is 38.3. The van der Waals surface area contributed by atoms with Gasteiger partial charge in [0.15, 0.2) is 0 Å². The first-order valence-electron chi connectivity index (χ1n) is 7.96. The van der Waals surface area contributed by atoms with Gasteiger partial charge in [0.2, 0.25) is 5.91 Å². The first kappa shape index (κ1) is 16.6. The molecule has 0 aromatic carbocycles. The van der Waals surface area contributed by atoms with Crippen molar-refractivity contribution in [2.75, 3.05) is 6.54 Å². The number of rotatable bonds is 3. The normalized spacial score (nSPS) is 34.5. The van der Waals surface area contributed by atoms with E-state index in [0.29, 0.717) is 25.4 Å². The summed E-state index contributed by atoms with van der Waals surface area (Å²) in [6.45, 7) is 2.64. The highest BCUT2D eigenvalue weighted by molar-refractivity contribution is 5.78. The molecule has 4 atom stereocenters. The van der Waals surface area contributed by atoms with Gasteiger partial charge in [-0.3, -0.25) is 4.79 Å². The van der Waals surface area contributed by atoms with E-state index in [4.69, 9.17) is 0 Å². The van der Waals surface area contributed by atoms with Crippen LogP contribution in [-0.2, 0) is 4.79 Å². The maximum Gasteiger partial charge on any atom is 0.391 e. The quantitative estimate of drug-likeness (QED) is 0.841. The van der Waals surface area contributed by atoms with Gasteiger partial charge in [0.25, 0.3) is 0 Å². The van der Waals surface area contributed by atoms with Crippen LogP contribution in [0.15, 0.2) is 0 Å². The summed E-state index contributed by atoms with van der Waals surface area (Å²) >= 11 is 0. The lowest BCUT2D eigenvalue weighted by atomic mass is 9.80. The van der Waals surface area contributed by atoms with Crippen molar-refractivity contribution in [3.8, 4) is 0 Å². The maximum atomic E-state index is 12.8. The van der Waals surface area contributed by atoms with E-state index in [0.717, 1.165) is 19.3 Å². The zero-order valence-electron chi connectivity index (χ0n) is 12.5. The van der Waals surface area contributed by atoms with Crippen LogP contribution in [0.4, 0.5) is 13.2 Å². The number of hydrogen-bond donors (Lipinski definition) is 2. The van der Waals surface area contributed by atoms with Gasteiger partial charge in [0.1, 0.15) is 0 Å². The second-order valence-corrected chi connectivity index (χ2v) is 6.54. The fourth-order valence-corrected chi connectivity index (χ4v) is 3.49. The molecule has 1 aliphatic heterocycles. The molecule has 1 heterocycles. The molecule has 0 aromatic rings. The molecule has 2 fully saturated rings. The van der Waals surface area contributed by atoms with Gasteiger partial charge >= 0.3 is 6.18 Å². The van der Waals surface area contributed by atoms with Gasteiger partial charge in [-0.1, -0.05) is 12.8 Å². The van der Waals surface area contributed by atoms with Gasteiger partial charge in [-0.2, -0.15) is 13.2 Å². The van der Waals surface area contributed by atoms with E-state index in [-0.39, 0.29) is 24.8 Å². The number of carbonyl (C=O) groups excluding carboxylic acids is 1. The van der Waals surface area contributed by atoms with Crippen LogP contribution in [-0.4, -0.2) is 30.7 Å². The van der Waals surface area contributed by atoms with Crippen LogP contribution in [0.2, 0.25) is 0 Å². The van der Waals surface area contributed by atoms with E-state index in [1.54, 1.807) is 0 Å². The van der Waals surface area contributed by atoms with Gasteiger partial charge in [-0.25, -0.2) is 0 Å². The summed E-state index contributed by atoms with van der Waals surface area (Å²) in [5.74, 6) is -2.00. The van der Waals surface area contributed by atoms with Gasteiger partial charge in [0.05, 0.1) is 5.92 Å². The first-order valence-corrected chi connectivity index (χ1v) is 7.96. The number of piperidine rings is 1. The zero-order chi connectivity index (χ0) is 15.5. The maximum absolute atomic E-state index is 12.8. The lowest BCUT2D eigenvalue weighted by molar-refractivity contribution is -0.186. The molecule has 0 bridgehead atoms. The molecule has 1 aliphatic carbocycles. The third-order valence-corrected chi connectivity index (χ3v) is 4.74. The number of halogens is 3. The average Bonchev–Trinajstić information content (AvgIpc) is 2.44. The van der Waals surface area contributed by atoms with E-state index in [2.05, 4.69) is 17.6 Å². The Kier molecular flexibility index (Phi) is 5.52. The summed E-state index contributed by atoms with van der Waals surface area (Å²) in [5, 5.41) is 6.26. The Balaban J connectivity index is 1.77. The molecule has 1 amide bonds. The van der Waals surface area contributed by atoms with Crippen LogP contribution >= 0.6 is 0 Å². The molecule has 3 nitrogen and oxygen atoms in total. The van der Waals surface area contributed by atoms with E-state index in [1.807, 2.05) is 0 Å². The van der Waals surface area contributed by atoms with Gasteiger partial charge < -0.3 is 10.6 Å². The molecule has 2 N–H and O–H groups in total. The van der Waals surface area contributed by atoms with Crippen molar-refractivity contribution in [2.45, 2.75) is 70.1 Å². The second-order valence-electron chi connectivity index (χ2n) is 6.54. The molecule has 2 rings (SSSR count).